The summed E-state index contributed by atoms with van der Waals surface area (Å²) < 4.78 is 0. The van der Waals surface area contributed by atoms with Gasteiger partial charge in [-0.2, -0.15) is 0 Å². The zero-order valence-corrected chi connectivity index (χ0v) is 14.4. The van der Waals surface area contributed by atoms with E-state index in [9.17, 15) is 19.2 Å². The number of carbonyl (C=O) groups is 4. The quantitative estimate of drug-likeness (QED) is 0.610. The molecule has 1 aromatic carbocycles. The number of nitrogens with one attached hydrogen (secondary N) is 1. The number of imide groups is 2. The van der Waals surface area contributed by atoms with Gasteiger partial charge in [0.2, 0.25) is 5.91 Å². The van der Waals surface area contributed by atoms with Crippen LogP contribution in [0.5, 0.6) is 0 Å². The Labute approximate surface area is 148 Å². The topological polar surface area (TPSA) is 86.8 Å². The molecule has 1 N–H and O–H groups in total. The lowest BCUT2D eigenvalue weighted by Crippen LogP contribution is -2.41. The van der Waals surface area contributed by atoms with Gasteiger partial charge in [-0.25, -0.2) is 9.69 Å². The molecule has 1 heterocycles. The van der Waals surface area contributed by atoms with Crippen molar-refractivity contribution in [3.63, 3.8) is 0 Å². The van der Waals surface area contributed by atoms with E-state index in [0.29, 0.717) is 26.9 Å². The lowest BCUT2D eigenvalue weighted by Gasteiger charge is -2.14. The summed E-state index contributed by atoms with van der Waals surface area (Å²) in [7, 11) is 0. The van der Waals surface area contributed by atoms with Crippen LogP contribution in [0.15, 0.2) is 18.2 Å². The molecule has 5 amide bonds. The largest absolute Gasteiger partial charge is 0.350 e. The van der Waals surface area contributed by atoms with E-state index in [1.807, 2.05) is 0 Å². The third-order valence-corrected chi connectivity index (χ3v) is 3.96. The monoisotopic (exact) mass is 371 g/mol. The fraction of sp³-hybridized carbons (Fsp3) is 0.333. The average molecular weight is 372 g/mol. The second-order valence-electron chi connectivity index (χ2n) is 5.14. The molecule has 1 fully saturated rings. The first kappa shape index (κ1) is 18.2. The molecule has 128 valence electrons. The zero-order valence-electron chi connectivity index (χ0n) is 12.8. The van der Waals surface area contributed by atoms with E-state index in [4.69, 9.17) is 23.2 Å². The highest BCUT2D eigenvalue weighted by atomic mass is 35.5. The number of rotatable bonds is 6. The summed E-state index contributed by atoms with van der Waals surface area (Å²) in [6, 6.07) is 4.05. The van der Waals surface area contributed by atoms with Crippen molar-refractivity contribution in [3.05, 3.63) is 33.8 Å². The maximum absolute atomic E-state index is 12.0. The van der Waals surface area contributed by atoms with Gasteiger partial charge in [-0.05, 0) is 24.1 Å². The Kier molecular flexibility index (Phi) is 5.80. The van der Waals surface area contributed by atoms with Gasteiger partial charge >= 0.3 is 17.8 Å². The predicted octanol–water partition coefficient (Wildman–Crippen LogP) is 1.81. The molecule has 0 aromatic heterocycles. The van der Waals surface area contributed by atoms with Gasteiger partial charge in [0.15, 0.2) is 0 Å². The van der Waals surface area contributed by atoms with Gasteiger partial charge in [0, 0.05) is 23.1 Å². The molecule has 0 aliphatic carbocycles. The first-order chi connectivity index (χ1) is 11.3. The van der Waals surface area contributed by atoms with E-state index < -0.39 is 30.3 Å². The highest BCUT2D eigenvalue weighted by molar-refractivity contribution is 6.45. The molecule has 0 spiro atoms. The zero-order chi connectivity index (χ0) is 17.9. The van der Waals surface area contributed by atoms with Gasteiger partial charge in [-0.1, -0.05) is 36.2 Å². The summed E-state index contributed by atoms with van der Waals surface area (Å²) >= 11 is 11.8. The van der Waals surface area contributed by atoms with Gasteiger partial charge in [-0.3, -0.25) is 19.3 Å². The van der Waals surface area contributed by atoms with Crippen molar-refractivity contribution in [2.45, 2.75) is 19.9 Å². The van der Waals surface area contributed by atoms with E-state index in [0.717, 1.165) is 4.90 Å². The molecule has 1 aliphatic heterocycles. The van der Waals surface area contributed by atoms with E-state index >= 15 is 0 Å². The molecule has 1 aliphatic rings. The second kappa shape index (κ2) is 7.63. The Balaban J connectivity index is 1.96. The summed E-state index contributed by atoms with van der Waals surface area (Å²) in [4.78, 5) is 48.9. The van der Waals surface area contributed by atoms with Crippen LogP contribution in [0.1, 0.15) is 18.9 Å². The van der Waals surface area contributed by atoms with Crippen LogP contribution in [0.4, 0.5) is 4.79 Å². The number of benzene rings is 1. The van der Waals surface area contributed by atoms with Crippen LogP contribution in [-0.4, -0.2) is 46.6 Å². The highest BCUT2D eigenvalue weighted by Crippen LogP contribution is 2.20. The summed E-state index contributed by atoms with van der Waals surface area (Å²) in [5, 5.41) is 3.41. The molecule has 1 saturated heterocycles. The van der Waals surface area contributed by atoms with Crippen LogP contribution in [0, 0.1) is 0 Å². The third-order valence-electron chi connectivity index (χ3n) is 3.38. The van der Waals surface area contributed by atoms with Crippen molar-refractivity contribution in [1.82, 2.24) is 15.1 Å². The standard InChI is InChI=1S/C15H15Cl2N3O4/c1-2-5-19-13(22)14(23)20(15(19)24)8-12(21)18-7-9-3-4-10(16)6-11(9)17/h3-4,6H,2,5,7-8H2,1H3,(H,18,21). The smallest absolute Gasteiger partial charge is 0.334 e. The van der Waals surface area contributed by atoms with Crippen molar-refractivity contribution in [2.24, 2.45) is 0 Å². The van der Waals surface area contributed by atoms with E-state index in [1.54, 1.807) is 25.1 Å². The van der Waals surface area contributed by atoms with Crippen LogP contribution in [0.2, 0.25) is 10.0 Å². The SMILES string of the molecule is CCCN1C(=O)C(=O)N(CC(=O)NCc2ccc(Cl)cc2Cl)C1=O. The fourth-order valence-corrected chi connectivity index (χ4v) is 2.64. The maximum atomic E-state index is 12.0. The van der Waals surface area contributed by atoms with E-state index in [2.05, 4.69) is 5.32 Å². The summed E-state index contributed by atoms with van der Waals surface area (Å²) in [5.74, 6) is -2.47. The van der Waals surface area contributed by atoms with Gasteiger partial charge in [0.25, 0.3) is 0 Å². The summed E-state index contributed by atoms with van der Waals surface area (Å²) in [6.07, 6.45) is 0.528. The van der Waals surface area contributed by atoms with Gasteiger partial charge in [0.05, 0.1) is 0 Å². The minimum absolute atomic E-state index is 0.109. The van der Waals surface area contributed by atoms with Crippen molar-refractivity contribution >= 4 is 47.0 Å². The highest BCUT2D eigenvalue weighted by Gasteiger charge is 2.44. The number of halogens is 2. The molecular weight excluding hydrogens is 357 g/mol. The van der Waals surface area contributed by atoms with Crippen LogP contribution < -0.4 is 5.32 Å². The van der Waals surface area contributed by atoms with Crippen molar-refractivity contribution in [2.75, 3.05) is 13.1 Å². The molecule has 0 bridgehead atoms. The predicted molar refractivity (Wildman–Crippen MR) is 87.4 cm³/mol. The fourth-order valence-electron chi connectivity index (χ4n) is 2.17. The van der Waals surface area contributed by atoms with Gasteiger partial charge in [-0.15, -0.1) is 0 Å². The Bertz CT molecular complexity index is 708. The number of nitrogens with zero attached hydrogens (tertiary/aromatic N) is 2. The molecule has 0 unspecified atom stereocenters. The molecule has 7 nitrogen and oxygen atoms in total. The summed E-state index contributed by atoms with van der Waals surface area (Å²) in [5.41, 5.74) is 0.636. The summed E-state index contributed by atoms with van der Waals surface area (Å²) in [6.45, 7) is 1.50. The van der Waals surface area contributed by atoms with Crippen LogP contribution in [0.25, 0.3) is 0 Å². The molecule has 0 atom stereocenters. The Hall–Kier alpha value is -2.12. The lowest BCUT2D eigenvalue weighted by molar-refractivity contribution is -0.144. The molecule has 1 aromatic rings. The van der Waals surface area contributed by atoms with Crippen LogP contribution in [-0.2, 0) is 20.9 Å². The molecule has 2 rings (SSSR count). The molecular formula is C15H15Cl2N3O4. The van der Waals surface area contributed by atoms with Crippen LogP contribution in [0.3, 0.4) is 0 Å². The Morgan fingerprint density at radius 1 is 1.12 bits per heavy atom. The van der Waals surface area contributed by atoms with Gasteiger partial charge < -0.3 is 5.32 Å². The third kappa shape index (κ3) is 3.85. The first-order valence-corrected chi connectivity index (χ1v) is 7.98. The number of amides is 5. The van der Waals surface area contributed by atoms with Crippen molar-refractivity contribution in [3.8, 4) is 0 Å². The molecule has 0 radical (unpaired) electrons. The minimum Gasteiger partial charge on any atom is -0.350 e. The number of urea groups is 1. The number of hydrogen-bond acceptors (Lipinski definition) is 4. The normalized spacial score (nSPS) is 14.5. The van der Waals surface area contributed by atoms with E-state index in [-0.39, 0.29) is 13.1 Å². The van der Waals surface area contributed by atoms with Crippen LogP contribution >= 0.6 is 23.2 Å². The van der Waals surface area contributed by atoms with Crippen molar-refractivity contribution in [1.29, 1.82) is 0 Å². The second-order valence-corrected chi connectivity index (χ2v) is 5.99. The number of carbonyl (C=O) groups excluding carboxylic acids is 4. The Morgan fingerprint density at radius 3 is 2.42 bits per heavy atom. The molecule has 0 saturated carbocycles. The molecule has 9 heteroatoms. The average Bonchev–Trinajstić information content (AvgIpc) is 2.72. The Morgan fingerprint density at radius 2 is 1.79 bits per heavy atom. The van der Waals surface area contributed by atoms with Crippen molar-refractivity contribution < 1.29 is 19.2 Å². The number of hydrogen-bond donors (Lipinski definition) is 1. The minimum atomic E-state index is -0.992. The maximum Gasteiger partial charge on any atom is 0.334 e. The van der Waals surface area contributed by atoms with Gasteiger partial charge in [0.1, 0.15) is 6.54 Å². The van der Waals surface area contributed by atoms with E-state index in [1.165, 1.54) is 0 Å². The first-order valence-electron chi connectivity index (χ1n) is 7.23. The molecule has 24 heavy (non-hydrogen) atoms. The lowest BCUT2D eigenvalue weighted by atomic mass is 10.2.